The number of hydrogen-bond donors (Lipinski definition) is 1. The van der Waals surface area contributed by atoms with Gasteiger partial charge in [-0.1, -0.05) is 18.2 Å². The summed E-state index contributed by atoms with van der Waals surface area (Å²) < 4.78 is 0. The van der Waals surface area contributed by atoms with Crippen LogP contribution >= 0.6 is 0 Å². The summed E-state index contributed by atoms with van der Waals surface area (Å²) in [4.78, 5) is 37.2. The Kier molecular flexibility index (Phi) is 4.35. The molecular weight excluding hydrogens is 346 g/mol. The molecule has 7 nitrogen and oxygen atoms in total. The van der Waals surface area contributed by atoms with E-state index < -0.39 is 10.8 Å². The fraction of sp³-hybridized carbons (Fsp3) is 0.300. The van der Waals surface area contributed by atoms with Crippen molar-refractivity contribution < 1.29 is 14.5 Å². The molecule has 0 bridgehead atoms. The summed E-state index contributed by atoms with van der Waals surface area (Å²) in [5.41, 5.74) is 2.53. The molecule has 0 aromatic heterocycles. The fourth-order valence-corrected chi connectivity index (χ4v) is 3.43. The second-order valence-electron chi connectivity index (χ2n) is 7.00. The first-order valence-electron chi connectivity index (χ1n) is 8.98. The van der Waals surface area contributed by atoms with Gasteiger partial charge in [-0.15, -0.1) is 0 Å². The number of fused-ring (bicyclic) bond motifs is 1. The molecule has 0 unspecified atom stereocenters. The Morgan fingerprint density at radius 2 is 1.89 bits per heavy atom. The molecular formula is C20H19N3O4. The number of anilines is 1. The minimum atomic E-state index is -0.566. The topological polar surface area (TPSA) is 92.6 Å². The molecule has 1 N–H and O–H groups in total. The lowest BCUT2D eigenvalue weighted by Gasteiger charge is -2.29. The van der Waals surface area contributed by atoms with Gasteiger partial charge >= 0.3 is 0 Å². The van der Waals surface area contributed by atoms with Crippen molar-refractivity contribution in [2.75, 3.05) is 11.9 Å². The van der Waals surface area contributed by atoms with Crippen LogP contribution in [0.2, 0.25) is 0 Å². The second-order valence-corrected chi connectivity index (χ2v) is 7.00. The monoisotopic (exact) mass is 365 g/mol. The molecule has 1 fully saturated rings. The molecule has 138 valence electrons. The number of nitro benzene ring substituents is 1. The minimum absolute atomic E-state index is 0.0192. The fourth-order valence-electron chi connectivity index (χ4n) is 3.43. The van der Waals surface area contributed by atoms with Crippen LogP contribution in [0, 0.1) is 16.0 Å². The Bertz CT molecular complexity index is 937. The summed E-state index contributed by atoms with van der Waals surface area (Å²) in [6, 6.07) is 11.5. The van der Waals surface area contributed by atoms with Crippen LogP contribution in [-0.2, 0) is 17.8 Å². The quantitative estimate of drug-likeness (QED) is 0.665. The van der Waals surface area contributed by atoms with E-state index in [9.17, 15) is 19.7 Å². The zero-order valence-electron chi connectivity index (χ0n) is 14.7. The summed E-state index contributed by atoms with van der Waals surface area (Å²) in [7, 11) is 0. The number of nitrogens with zero attached hydrogens (tertiary/aromatic N) is 2. The number of carbonyl (C=O) groups excluding carboxylic acids is 2. The molecule has 0 saturated heterocycles. The molecule has 2 amide bonds. The lowest BCUT2D eigenvalue weighted by atomic mass is 9.98. The van der Waals surface area contributed by atoms with E-state index >= 15 is 0 Å². The maximum Gasteiger partial charge on any atom is 0.282 e. The molecule has 7 heteroatoms. The van der Waals surface area contributed by atoms with E-state index in [2.05, 4.69) is 5.32 Å². The number of benzene rings is 2. The zero-order chi connectivity index (χ0) is 19.0. The standard InChI is InChI=1S/C20H19N3O4/c24-19(17-3-1-2-4-18(17)23(26)27)21-16-8-7-13-9-10-22(12-15(13)11-16)20(25)14-5-6-14/h1-4,7-8,11,14H,5-6,9-10,12H2,(H,21,24). The van der Waals surface area contributed by atoms with E-state index in [1.54, 1.807) is 12.1 Å². The Hall–Kier alpha value is -3.22. The molecule has 2 aromatic rings. The van der Waals surface area contributed by atoms with Gasteiger partial charge in [0.05, 0.1) is 4.92 Å². The van der Waals surface area contributed by atoms with E-state index in [4.69, 9.17) is 0 Å². The number of hydrogen-bond acceptors (Lipinski definition) is 4. The van der Waals surface area contributed by atoms with Gasteiger partial charge in [0.25, 0.3) is 11.6 Å². The summed E-state index contributed by atoms with van der Waals surface area (Å²) in [6.45, 7) is 1.27. The van der Waals surface area contributed by atoms with Gasteiger partial charge in [-0.2, -0.15) is 0 Å². The van der Waals surface area contributed by atoms with E-state index in [1.807, 2.05) is 17.0 Å². The highest BCUT2D eigenvalue weighted by atomic mass is 16.6. The highest BCUT2D eigenvalue weighted by molar-refractivity contribution is 6.07. The van der Waals surface area contributed by atoms with E-state index in [1.165, 1.54) is 23.8 Å². The Balaban J connectivity index is 1.52. The van der Waals surface area contributed by atoms with Crippen molar-refractivity contribution in [3.05, 3.63) is 69.3 Å². The van der Waals surface area contributed by atoms with Gasteiger partial charge in [-0.3, -0.25) is 19.7 Å². The first-order chi connectivity index (χ1) is 13.0. The average molecular weight is 365 g/mol. The van der Waals surface area contributed by atoms with Gasteiger partial charge in [-0.05, 0) is 48.6 Å². The Labute approximate surface area is 156 Å². The zero-order valence-corrected chi connectivity index (χ0v) is 14.7. The third kappa shape index (κ3) is 3.53. The summed E-state index contributed by atoms with van der Waals surface area (Å²) in [5.74, 6) is -0.118. The molecule has 2 aromatic carbocycles. The molecule has 27 heavy (non-hydrogen) atoms. The van der Waals surface area contributed by atoms with Gasteiger partial charge in [0.1, 0.15) is 5.56 Å². The first-order valence-corrected chi connectivity index (χ1v) is 8.98. The molecule has 4 rings (SSSR count). The van der Waals surface area contributed by atoms with E-state index in [-0.39, 0.29) is 23.1 Å². The third-order valence-electron chi connectivity index (χ3n) is 5.06. The molecule has 1 heterocycles. The first kappa shape index (κ1) is 17.2. The lowest BCUT2D eigenvalue weighted by molar-refractivity contribution is -0.385. The summed E-state index contributed by atoms with van der Waals surface area (Å²) in [6.07, 6.45) is 2.76. The largest absolute Gasteiger partial charge is 0.338 e. The van der Waals surface area contributed by atoms with Crippen LogP contribution in [0.4, 0.5) is 11.4 Å². The molecule has 0 atom stereocenters. The predicted octanol–water partition coefficient (Wildman–Crippen LogP) is 3.14. The van der Waals surface area contributed by atoms with Gasteiger partial charge in [0.15, 0.2) is 0 Å². The van der Waals surface area contributed by atoms with Crippen LogP contribution in [0.3, 0.4) is 0 Å². The van der Waals surface area contributed by atoms with Crippen LogP contribution in [0.1, 0.15) is 34.3 Å². The molecule has 0 spiro atoms. The second kappa shape index (κ2) is 6.83. The molecule has 2 aliphatic rings. The Morgan fingerprint density at radius 3 is 2.63 bits per heavy atom. The maximum absolute atomic E-state index is 12.5. The average Bonchev–Trinajstić information content (AvgIpc) is 3.52. The predicted molar refractivity (Wildman–Crippen MR) is 99.3 cm³/mol. The number of para-hydroxylation sites is 1. The normalized spacial score (nSPS) is 15.8. The number of amides is 2. The van der Waals surface area contributed by atoms with Crippen molar-refractivity contribution in [3.8, 4) is 0 Å². The van der Waals surface area contributed by atoms with E-state index in [0.29, 0.717) is 12.2 Å². The number of nitro groups is 1. The number of rotatable bonds is 4. The van der Waals surface area contributed by atoms with Crippen LogP contribution in [-0.4, -0.2) is 28.2 Å². The van der Waals surface area contributed by atoms with Crippen molar-refractivity contribution in [2.45, 2.75) is 25.8 Å². The minimum Gasteiger partial charge on any atom is -0.338 e. The summed E-state index contributed by atoms with van der Waals surface area (Å²) >= 11 is 0. The van der Waals surface area contributed by atoms with Gasteiger partial charge < -0.3 is 10.2 Å². The lowest BCUT2D eigenvalue weighted by Crippen LogP contribution is -2.36. The highest BCUT2D eigenvalue weighted by Gasteiger charge is 2.34. The van der Waals surface area contributed by atoms with Gasteiger partial charge in [-0.25, -0.2) is 0 Å². The van der Waals surface area contributed by atoms with Crippen LogP contribution in [0.25, 0.3) is 0 Å². The molecule has 0 radical (unpaired) electrons. The molecule has 1 aliphatic heterocycles. The Morgan fingerprint density at radius 1 is 1.11 bits per heavy atom. The van der Waals surface area contributed by atoms with Crippen molar-refractivity contribution in [1.82, 2.24) is 4.90 Å². The van der Waals surface area contributed by atoms with Crippen molar-refractivity contribution in [1.29, 1.82) is 0 Å². The SMILES string of the molecule is O=C(Nc1ccc2c(c1)CN(C(=O)C1CC1)CC2)c1ccccc1[N+](=O)[O-]. The van der Waals surface area contributed by atoms with Crippen LogP contribution < -0.4 is 5.32 Å². The van der Waals surface area contributed by atoms with Crippen LogP contribution in [0.15, 0.2) is 42.5 Å². The number of carbonyl (C=O) groups is 2. The van der Waals surface area contributed by atoms with Gasteiger partial charge in [0.2, 0.25) is 5.91 Å². The number of nitrogens with one attached hydrogen (secondary N) is 1. The van der Waals surface area contributed by atoms with Crippen molar-refractivity contribution in [2.24, 2.45) is 5.92 Å². The smallest absolute Gasteiger partial charge is 0.282 e. The van der Waals surface area contributed by atoms with Crippen molar-refractivity contribution >= 4 is 23.2 Å². The van der Waals surface area contributed by atoms with E-state index in [0.717, 1.165) is 31.4 Å². The van der Waals surface area contributed by atoms with Crippen molar-refractivity contribution in [3.63, 3.8) is 0 Å². The molecule has 1 saturated carbocycles. The third-order valence-corrected chi connectivity index (χ3v) is 5.06. The van der Waals surface area contributed by atoms with Gasteiger partial charge in [0, 0.05) is 30.8 Å². The maximum atomic E-state index is 12.5. The van der Waals surface area contributed by atoms with Crippen LogP contribution in [0.5, 0.6) is 0 Å². The highest BCUT2D eigenvalue weighted by Crippen LogP contribution is 2.33. The summed E-state index contributed by atoms with van der Waals surface area (Å²) in [5, 5.41) is 13.9. The molecule has 1 aliphatic carbocycles.